The fourth-order valence-corrected chi connectivity index (χ4v) is 6.81. The van der Waals surface area contributed by atoms with E-state index in [9.17, 15) is 13.2 Å². The molecule has 1 aromatic carbocycles. The molecule has 0 radical (unpaired) electrons. The van der Waals surface area contributed by atoms with Gasteiger partial charge in [0.1, 0.15) is 12.2 Å². The molecule has 2 unspecified atom stereocenters. The molecule has 0 spiro atoms. The number of carbonyl (C=O) groups excluding carboxylic acids is 1. The van der Waals surface area contributed by atoms with Crippen LogP contribution in [0, 0.1) is 11.3 Å². The van der Waals surface area contributed by atoms with E-state index >= 15 is 0 Å². The topological polar surface area (TPSA) is 99.8 Å². The van der Waals surface area contributed by atoms with Gasteiger partial charge in [-0.1, -0.05) is 23.9 Å². The number of para-hydroxylation sites is 2. The number of nitrogens with zero attached hydrogens (tertiary/aromatic N) is 3. The number of rotatable bonds is 3. The zero-order valence-corrected chi connectivity index (χ0v) is 14.5. The normalized spacial score (nSPS) is 26.2. The monoisotopic (exact) mass is 365 g/mol. The Balaban J connectivity index is 2.05. The van der Waals surface area contributed by atoms with Crippen molar-refractivity contribution in [3.63, 3.8) is 0 Å². The molecule has 2 atom stereocenters. The maximum absolute atomic E-state index is 12.0. The Hall–Kier alpha value is -2.05. The van der Waals surface area contributed by atoms with Crippen LogP contribution in [0.25, 0.3) is 0 Å². The van der Waals surface area contributed by atoms with Gasteiger partial charge in [0.15, 0.2) is 15.0 Å². The second kappa shape index (κ2) is 6.45. The van der Waals surface area contributed by atoms with Crippen LogP contribution < -0.4 is 9.64 Å². The fourth-order valence-electron chi connectivity index (χ4n) is 2.89. The molecule has 7 nitrogen and oxygen atoms in total. The Labute approximate surface area is 144 Å². The maximum Gasteiger partial charge on any atom is 0.262 e. The minimum Gasteiger partial charge on any atom is -0.495 e. The highest BCUT2D eigenvalue weighted by Gasteiger charge is 2.49. The van der Waals surface area contributed by atoms with Crippen molar-refractivity contribution in [1.29, 1.82) is 5.26 Å². The number of hydrogen-bond donors (Lipinski definition) is 0. The Morgan fingerprint density at radius 2 is 2.21 bits per heavy atom. The lowest BCUT2D eigenvalue weighted by Crippen LogP contribution is -2.38. The molecule has 0 N–H and O–H groups in total. The molecule has 0 aromatic heterocycles. The predicted molar refractivity (Wildman–Crippen MR) is 92.0 cm³/mol. The number of ether oxygens (including phenoxy) is 1. The highest BCUT2D eigenvalue weighted by atomic mass is 32.2. The van der Waals surface area contributed by atoms with E-state index in [1.807, 2.05) is 12.1 Å². The van der Waals surface area contributed by atoms with E-state index in [0.29, 0.717) is 16.6 Å². The standard InChI is InChI=1S/C15H15N3O4S2/c1-22-12-5-3-2-4-10(12)18-11-8-24(20,21)9-13(11)23-15(18)17-14(19)6-7-16/h2-5,11,13H,6,8-9H2,1H3. The smallest absolute Gasteiger partial charge is 0.262 e. The molecule has 1 amide bonds. The van der Waals surface area contributed by atoms with E-state index < -0.39 is 15.7 Å². The molecule has 126 valence electrons. The molecule has 2 fully saturated rings. The molecular weight excluding hydrogens is 350 g/mol. The minimum atomic E-state index is -3.12. The van der Waals surface area contributed by atoms with Crippen LogP contribution in [0.1, 0.15) is 6.42 Å². The number of amides is 1. The number of aliphatic imine (C=N–C) groups is 1. The molecule has 2 saturated heterocycles. The molecule has 24 heavy (non-hydrogen) atoms. The van der Waals surface area contributed by atoms with E-state index in [1.165, 1.54) is 18.9 Å². The Morgan fingerprint density at radius 3 is 2.92 bits per heavy atom. The summed E-state index contributed by atoms with van der Waals surface area (Å²) < 4.78 is 29.3. The van der Waals surface area contributed by atoms with E-state index in [2.05, 4.69) is 4.99 Å². The largest absolute Gasteiger partial charge is 0.495 e. The molecule has 2 aliphatic rings. The third-order valence-corrected chi connectivity index (χ3v) is 7.07. The highest BCUT2D eigenvalue weighted by Crippen LogP contribution is 2.43. The first-order valence-corrected chi connectivity index (χ1v) is 9.93. The van der Waals surface area contributed by atoms with Crippen molar-refractivity contribution in [2.24, 2.45) is 4.99 Å². The van der Waals surface area contributed by atoms with Crippen LogP contribution in [0.5, 0.6) is 5.75 Å². The number of anilines is 1. The third-order valence-electron chi connectivity index (χ3n) is 3.86. The number of benzene rings is 1. The first kappa shape index (κ1) is 16.8. The second-order valence-electron chi connectivity index (χ2n) is 5.47. The van der Waals surface area contributed by atoms with Gasteiger partial charge >= 0.3 is 0 Å². The number of nitriles is 1. The van der Waals surface area contributed by atoms with Gasteiger partial charge in [-0.3, -0.25) is 4.79 Å². The van der Waals surface area contributed by atoms with Gasteiger partial charge in [0.05, 0.1) is 36.4 Å². The minimum absolute atomic E-state index is 0.00811. The van der Waals surface area contributed by atoms with Gasteiger partial charge in [-0.2, -0.15) is 10.3 Å². The van der Waals surface area contributed by atoms with Crippen molar-refractivity contribution < 1.29 is 17.9 Å². The average molecular weight is 365 g/mol. The van der Waals surface area contributed by atoms with Crippen molar-refractivity contribution >= 4 is 38.4 Å². The van der Waals surface area contributed by atoms with Crippen molar-refractivity contribution in [2.45, 2.75) is 17.7 Å². The number of amidine groups is 1. The lowest BCUT2D eigenvalue weighted by atomic mass is 10.2. The molecule has 9 heteroatoms. The van der Waals surface area contributed by atoms with E-state index in [-0.39, 0.29) is 29.2 Å². The first-order valence-electron chi connectivity index (χ1n) is 7.23. The number of hydrogen-bond acceptors (Lipinski definition) is 6. The number of sulfone groups is 1. The van der Waals surface area contributed by atoms with Crippen molar-refractivity contribution in [3.8, 4) is 11.8 Å². The summed E-state index contributed by atoms with van der Waals surface area (Å²) in [5, 5.41) is 8.88. The molecule has 3 rings (SSSR count). The third kappa shape index (κ3) is 3.12. The zero-order chi connectivity index (χ0) is 17.3. The predicted octanol–water partition coefficient (Wildman–Crippen LogP) is 1.21. The SMILES string of the molecule is COc1ccccc1N1C(=NC(=O)CC#N)SC2CS(=O)(=O)CC21. The van der Waals surface area contributed by atoms with Crippen molar-refractivity contribution in [1.82, 2.24) is 0 Å². The van der Waals surface area contributed by atoms with Crippen LogP contribution in [-0.4, -0.2) is 49.4 Å². The summed E-state index contributed by atoms with van der Waals surface area (Å²) in [7, 11) is -1.59. The van der Waals surface area contributed by atoms with Crippen molar-refractivity contribution in [2.75, 3.05) is 23.5 Å². The molecule has 1 aromatic rings. The Morgan fingerprint density at radius 1 is 1.46 bits per heavy atom. The van der Waals surface area contributed by atoms with E-state index in [1.54, 1.807) is 23.1 Å². The summed E-state index contributed by atoms with van der Waals surface area (Å²) in [5.41, 5.74) is 0.667. The molecule has 2 heterocycles. The number of methoxy groups -OCH3 is 1. The number of carbonyl (C=O) groups is 1. The van der Waals surface area contributed by atoms with Crippen LogP contribution in [-0.2, 0) is 14.6 Å². The van der Waals surface area contributed by atoms with Gasteiger partial charge < -0.3 is 9.64 Å². The van der Waals surface area contributed by atoms with Crippen LogP contribution in [0.2, 0.25) is 0 Å². The molecular formula is C15H15N3O4S2. The lowest BCUT2D eigenvalue weighted by Gasteiger charge is -2.26. The van der Waals surface area contributed by atoms with E-state index in [4.69, 9.17) is 10.00 Å². The van der Waals surface area contributed by atoms with Crippen LogP contribution in [0.4, 0.5) is 5.69 Å². The van der Waals surface area contributed by atoms with Crippen molar-refractivity contribution in [3.05, 3.63) is 24.3 Å². The fraction of sp³-hybridized carbons (Fsp3) is 0.400. The number of thioether (sulfide) groups is 1. The van der Waals surface area contributed by atoms with Crippen LogP contribution in [0.3, 0.4) is 0 Å². The molecule has 0 aliphatic carbocycles. The summed E-state index contributed by atoms with van der Waals surface area (Å²) in [4.78, 5) is 17.6. The van der Waals surface area contributed by atoms with Gasteiger partial charge in [0, 0.05) is 5.25 Å². The summed E-state index contributed by atoms with van der Waals surface area (Å²) in [5.74, 6) is 0.0966. The lowest BCUT2D eigenvalue weighted by molar-refractivity contribution is -0.116. The molecule has 0 saturated carbocycles. The molecule has 0 bridgehead atoms. The summed E-state index contributed by atoms with van der Waals surface area (Å²) in [6, 6.07) is 8.67. The number of fused-ring (bicyclic) bond motifs is 1. The second-order valence-corrected chi connectivity index (χ2v) is 8.83. The van der Waals surface area contributed by atoms with E-state index in [0.717, 1.165) is 0 Å². The summed E-state index contributed by atoms with van der Waals surface area (Å²) >= 11 is 1.27. The van der Waals surface area contributed by atoms with Gasteiger partial charge in [-0.15, -0.1) is 0 Å². The van der Waals surface area contributed by atoms with Gasteiger partial charge in [-0.25, -0.2) is 8.42 Å². The van der Waals surface area contributed by atoms with Gasteiger partial charge in [-0.05, 0) is 12.1 Å². The maximum atomic E-state index is 12.0. The summed E-state index contributed by atoms with van der Waals surface area (Å²) in [6.07, 6.45) is -0.308. The zero-order valence-electron chi connectivity index (χ0n) is 12.9. The molecule has 2 aliphatic heterocycles. The average Bonchev–Trinajstić information content (AvgIpc) is 2.98. The Bertz CT molecular complexity index is 845. The van der Waals surface area contributed by atoms with Crippen LogP contribution in [0.15, 0.2) is 29.3 Å². The summed E-state index contributed by atoms with van der Waals surface area (Å²) in [6.45, 7) is 0. The van der Waals surface area contributed by atoms with Gasteiger partial charge in [0.25, 0.3) is 5.91 Å². The Kier molecular flexibility index (Phi) is 4.51. The quantitative estimate of drug-likeness (QED) is 0.793. The highest BCUT2D eigenvalue weighted by molar-refractivity contribution is 8.16. The van der Waals surface area contributed by atoms with Crippen LogP contribution >= 0.6 is 11.8 Å². The van der Waals surface area contributed by atoms with Gasteiger partial charge in [0.2, 0.25) is 0 Å². The first-order chi connectivity index (χ1) is 11.4.